The average molecular weight is 333 g/mol. The molecule has 0 radical (unpaired) electrons. The van der Waals surface area contributed by atoms with Gasteiger partial charge in [-0.3, -0.25) is 9.59 Å². The highest BCUT2D eigenvalue weighted by atomic mass is 16.2. The van der Waals surface area contributed by atoms with Gasteiger partial charge in [0.1, 0.15) is 6.04 Å². The first-order valence-corrected chi connectivity index (χ1v) is 8.74. The van der Waals surface area contributed by atoms with Crippen LogP contribution in [0.5, 0.6) is 0 Å². The van der Waals surface area contributed by atoms with E-state index in [4.69, 9.17) is 0 Å². The number of carbonyl (C=O) groups is 2. The summed E-state index contributed by atoms with van der Waals surface area (Å²) in [6.07, 6.45) is 0.599. The van der Waals surface area contributed by atoms with Gasteiger partial charge in [-0.25, -0.2) is 0 Å². The molecule has 0 fully saturated rings. The summed E-state index contributed by atoms with van der Waals surface area (Å²) < 4.78 is 0. The number of hydrogen-bond acceptors (Lipinski definition) is 3. The normalized spacial score (nSPS) is 13.6. The van der Waals surface area contributed by atoms with Gasteiger partial charge < -0.3 is 16.0 Å². The van der Waals surface area contributed by atoms with Crippen LogP contribution in [0, 0.1) is 11.8 Å². The molecule has 0 heterocycles. The molecule has 0 aliphatic rings. The van der Waals surface area contributed by atoms with Gasteiger partial charge in [-0.15, -0.1) is 0 Å². The van der Waals surface area contributed by atoms with Crippen molar-refractivity contribution >= 4 is 17.5 Å². The van der Waals surface area contributed by atoms with Crippen molar-refractivity contribution in [2.75, 3.05) is 11.9 Å². The molecular weight excluding hydrogens is 302 g/mol. The molecule has 0 saturated carbocycles. The van der Waals surface area contributed by atoms with E-state index in [1.165, 1.54) is 0 Å². The predicted molar refractivity (Wildman–Crippen MR) is 98.8 cm³/mol. The smallest absolute Gasteiger partial charge is 0.246 e. The summed E-state index contributed by atoms with van der Waals surface area (Å²) >= 11 is 0. The molecule has 0 spiro atoms. The predicted octanol–water partition coefficient (Wildman–Crippen LogP) is 2.79. The molecule has 0 unspecified atom stereocenters. The van der Waals surface area contributed by atoms with E-state index in [2.05, 4.69) is 16.0 Å². The zero-order chi connectivity index (χ0) is 18.1. The number of carbonyl (C=O) groups excluding carboxylic acids is 2. The molecule has 2 amide bonds. The number of hydrogen-bond donors (Lipinski definition) is 3. The molecule has 0 aliphatic carbocycles. The topological polar surface area (TPSA) is 70.2 Å². The van der Waals surface area contributed by atoms with Gasteiger partial charge in [0.25, 0.3) is 0 Å². The Morgan fingerprint density at radius 3 is 2.12 bits per heavy atom. The number of likely N-dealkylation sites (N-methyl/N-ethyl adjacent to an activating group) is 1. The van der Waals surface area contributed by atoms with Gasteiger partial charge in [-0.05, 0) is 36.9 Å². The van der Waals surface area contributed by atoms with E-state index in [1.807, 2.05) is 65.0 Å². The summed E-state index contributed by atoms with van der Waals surface area (Å²) in [5.41, 5.74) is 0.734. The van der Waals surface area contributed by atoms with Crippen molar-refractivity contribution in [2.45, 2.75) is 53.1 Å². The maximum atomic E-state index is 12.6. The molecule has 0 aromatic heterocycles. The zero-order valence-corrected chi connectivity index (χ0v) is 15.4. The summed E-state index contributed by atoms with van der Waals surface area (Å²) in [4.78, 5) is 25.2. The number of amides is 2. The van der Waals surface area contributed by atoms with Crippen LogP contribution in [-0.4, -0.2) is 30.4 Å². The van der Waals surface area contributed by atoms with E-state index < -0.39 is 6.04 Å². The van der Waals surface area contributed by atoms with Gasteiger partial charge in [0.15, 0.2) is 0 Å². The first-order chi connectivity index (χ1) is 11.3. The standard InChI is InChI=1S/C19H31N3O2/c1-6-20-17(14(4)5)19(24)22-16(12-13(2)3)18(23)21-15-10-8-7-9-11-15/h7-11,13-14,16-17,20H,6,12H2,1-5H3,(H,21,23)(H,22,24)/t16-,17-/m0/s1. The van der Waals surface area contributed by atoms with E-state index in [1.54, 1.807) is 0 Å². The minimum Gasteiger partial charge on any atom is -0.343 e. The van der Waals surface area contributed by atoms with Crippen LogP contribution >= 0.6 is 0 Å². The molecule has 0 aliphatic heterocycles. The number of nitrogens with one attached hydrogen (secondary N) is 3. The highest BCUT2D eigenvalue weighted by Gasteiger charge is 2.27. The maximum Gasteiger partial charge on any atom is 0.246 e. The summed E-state index contributed by atoms with van der Waals surface area (Å²) in [5, 5.41) is 8.99. The van der Waals surface area contributed by atoms with Crippen LogP contribution in [-0.2, 0) is 9.59 Å². The first-order valence-electron chi connectivity index (χ1n) is 8.74. The highest BCUT2D eigenvalue weighted by Crippen LogP contribution is 2.11. The van der Waals surface area contributed by atoms with Crippen LogP contribution in [0.1, 0.15) is 41.0 Å². The third kappa shape index (κ3) is 6.71. The molecule has 134 valence electrons. The molecule has 24 heavy (non-hydrogen) atoms. The lowest BCUT2D eigenvalue weighted by Crippen LogP contribution is -2.53. The Hall–Kier alpha value is -1.88. The number of para-hydroxylation sites is 1. The second-order valence-electron chi connectivity index (χ2n) is 6.83. The van der Waals surface area contributed by atoms with Crippen molar-refractivity contribution in [3.63, 3.8) is 0 Å². The summed E-state index contributed by atoms with van der Waals surface area (Å²) in [5.74, 6) is 0.151. The van der Waals surface area contributed by atoms with E-state index in [0.29, 0.717) is 18.9 Å². The van der Waals surface area contributed by atoms with Crippen molar-refractivity contribution in [3.8, 4) is 0 Å². The van der Waals surface area contributed by atoms with Gasteiger partial charge in [-0.2, -0.15) is 0 Å². The van der Waals surface area contributed by atoms with Crippen LogP contribution < -0.4 is 16.0 Å². The Morgan fingerprint density at radius 1 is 1.00 bits per heavy atom. The van der Waals surface area contributed by atoms with Gasteiger partial charge >= 0.3 is 0 Å². The Kier molecular flexibility index (Phi) is 8.47. The Balaban J connectivity index is 2.80. The molecule has 5 nitrogen and oxygen atoms in total. The van der Waals surface area contributed by atoms with E-state index >= 15 is 0 Å². The van der Waals surface area contributed by atoms with Crippen molar-refractivity contribution in [3.05, 3.63) is 30.3 Å². The lowest BCUT2D eigenvalue weighted by Gasteiger charge is -2.25. The van der Waals surface area contributed by atoms with E-state index in [0.717, 1.165) is 5.69 Å². The van der Waals surface area contributed by atoms with E-state index in [-0.39, 0.29) is 23.8 Å². The molecular formula is C19H31N3O2. The monoisotopic (exact) mass is 333 g/mol. The van der Waals surface area contributed by atoms with Crippen molar-refractivity contribution in [1.82, 2.24) is 10.6 Å². The number of anilines is 1. The minimum absolute atomic E-state index is 0.124. The molecule has 1 aromatic carbocycles. The molecule has 0 bridgehead atoms. The van der Waals surface area contributed by atoms with Crippen LogP contribution in [0.15, 0.2) is 30.3 Å². The van der Waals surface area contributed by atoms with Gasteiger partial charge in [0, 0.05) is 5.69 Å². The Bertz CT molecular complexity index is 515. The average Bonchev–Trinajstić information content (AvgIpc) is 2.52. The van der Waals surface area contributed by atoms with Crippen LogP contribution in [0.2, 0.25) is 0 Å². The van der Waals surface area contributed by atoms with Gasteiger partial charge in [-0.1, -0.05) is 52.8 Å². The summed E-state index contributed by atoms with van der Waals surface area (Å²) in [6.45, 7) is 10.7. The largest absolute Gasteiger partial charge is 0.343 e. The Labute approximate surface area is 145 Å². The van der Waals surface area contributed by atoms with Crippen molar-refractivity contribution in [1.29, 1.82) is 0 Å². The summed E-state index contributed by atoms with van der Waals surface area (Å²) in [6, 6.07) is 8.46. The first kappa shape index (κ1) is 20.2. The van der Waals surface area contributed by atoms with Gasteiger partial charge in [0.05, 0.1) is 6.04 Å². The zero-order valence-electron chi connectivity index (χ0n) is 15.4. The number of benzene rings is 1. The minimum atomic E-state index is -0.544. The third-order valence-corrected chi connectivity index (χ3v) is 3.75. The van der Waals surface area contributed by atoms with Crippen molar-refractivity contribution < 1.29 is 9.59 Å². The fourth-order valence-electron chi connectivity index (χ4n) is 2.57. The van der Waals surface area contributed by atoms with E-state index in [9.17, 15) is 9.59 Å². The fraction of sp³-hybridized carbons (Fsp3) is 0.579. The quantitative estimate of drug-likeness (QED) is 0.651. The second kappa shape index (κ2) is 10.1. The molecule has 0 saturated heterocycles. The lowest BCUT2D eigenvalue weighted by molar-refractivity contribution is -0.129. The molecule has 1 rings (SSSR count). The van der Waals surface area contributed by atoms with Crippen LogP contribution in [0.4, 0.5) is 5.69 Å². The second-order valence-corrected chi connectivity index (χ2v) is 6.83. The van der Waals surface area contributed by atoms with Crippen molar-refractivity contribution in [2.24, 2.45) is 11.8 Å². The van der Waals surface area contributed by atoms with Crippen LogP contribution in [0.25, 0.3) is 0 Å². The third-order valence-electron chi connectivity index (χ3n) is 3.75. The highest BCUT2D eigenvalue weighted by molar-refractivity contribution is 5.97. The fourth-order valence-corrected chi connectivity index (χ4v) is 2.57. The molecule has 1 aromatic rings. The SMILES string of the molecule is CCN[C@H](C(=O)N[C@@H](CC(C)C)C(=O)Nc1ccccc1)C(C)C. The molecule has 3 N–H and O–H groups in total. The molecule has 2 atom stereocenters. The maximum absolute atomic E-state index is 12.6. The van der Waals surface area contributed by atoms with Crippen LogP contribution in [0.3, 0.4) is 0 Å². The lowest BCUT2D eigenvalue weighted by atomic mass is 10.00. The Morgan fingerprint density at radius 2 is 1.62 bits per heavy atom. The molecule has 5 heteroatoms. The number of rotatable bonds is 9. The van der Waals surface area contributed by atoms with Gasteiger partial charge in [0.2, 0.25) is 11.8 Å². The summed E-state index contributed by atoms with van der Waals surface area (Å²) in [7, 11) is 0.